The molecular formula is C21H18N2O3. The van der Waals surface area contributed by atoms with E-state index in [0.717, 1.165) is 5.56 Å². The second-order valence-electron chi connectivity index (χ2n) is 6.62. The van der Waals surface area contributed by atoms with Gasteiger partial charge < -0.3 is 14.9 Å². The maximum atomic E-state index is 13.1. The van der Waals surface area contributed by atoms with Crippen LogP contribution >= 0.6 is 0 Å². The summed E-state index contributed by atoms with van der Waals surface area (Å²) in [7, 11) is 0. The van der Waals surface area contributed by atoms with Crippen molar-refractivity contribution >= 4 is 11.8 Å². The van der Waals surface area contributed by atoms with Crippen LogP contribution < -0.4 is 0 Å². The second kappa shape index (κ2) is 6.01. The summed E-state index contributed by atoms with van der Waals surface area (Å²) < 4.78 is 0. The van der Waals surface area contributed by atoms with Crippen LogP contribution in [0, 0.1) is 12.3 Å². The summed E-state index contributed by atoms with van der Waals surface area (Å²) in [4.78, 5) is 28.6. The van der Waals surface area contributed by atoms with Crippen LogP contribution in [0.15, 0.2) is 54.6 Å². The topological polar surface area (TPSA) is 60.9 Å². The number of carbonyl (C=O) groups is 2. The van der Waals surface area contributed by atoms with Crippen LogP contribution in [0.5, 0.6) is 0 Å². The van der Waals surface area contributed by atoms with Gasteiger partial charge in [0.2, 0.25) is 5.91 Å². The van der Waals surface area contributed by atoms with Gasteiger partial charge in [-0.1, -0.05) is 54.5 Å². The molecule has 0 unspecified atom stereocenters. The van der Waals surface area contributed by atoms with E-state index in [0.29, 0.717) is 17.7 Å². The molecule has 2 aliphatic heterocycles. The van der Waals surface area contributed by atoms with Crippen LogP contribution in [0.2, 0.25) is 0 Å². The standard InChI is InChI=1S/C21H18N2O3/c1-2-12-22-18(24)13-21(20(22)26)17-11-7-6-10-16(17)19(25)23(21)14-15-8-4-3-5-9-15/h1,3-11,20,26H,12-14H2/t20-,21-/m0/s1. The highest BCUT2D eigenvalue weighted by molar-refractivity contribution is 6.01. The fraction of sp³-hybridized carbons (Fsp3) is 0.238. The SMILES string of the molecule is C#CCN1C(=O)C[C@]2(c3ccccc3C(=O)N2Cc2ccccc2)[C@@H]1O. The van der Waals surface area contributed by atoms with Gasteiger partial charge in [-0.25, -0.2) is 0 Å². The van der Waals surface area contributed by atoms with Gasteiger partial charge in [-0.3, -0.25) is 9.59 Å². The predicted molar refractivity (Wildman–Crippen MR) is 95.6 cm³/mol. The molecule has 2 aromatic rings. The van der Waals surface area contributed by atoms with Crippen molar-refractivity contribution in [3.05, 3.63) is 71.3 Å². The summed E-state index contributed by atoms with van der Waals surface area (Å²) >= 11 is 0. The van der Waals surface area contributed by atoms with Crippen LogP contribution in [0.3, 0.4) is 0 Å². The van der Waals surface area contributed by atoms with E-state index in [1.54, 1.807) is 17.0 Å². The zero-order valence-electron chi connectivity index (χ0n) is 14.1. The lowest BCUT2D eigenvalue weighted by molar-refractivity contribution is -0.133. The molecule has 2 amide bonds. The number of amides is 2. The number of aliphatic hydroxyl groups excluding tert-OH is 1. The second-order valence-corrected chi connectivity index (χ2v) is 6.62. The third kappa shape index (κ3) is 2.16. The first-order chi connectivity index (χ1) is 12.6. The van der Waals surface area contributed by atoms with E-state index in [-0.39, 0.29) is 24.8 Å². The van der Waals surface area contributed by atoms with Gasteiger partial charge in [0.25, 0.3) is 5.91 Å². The summed E-state index contributed by atoms with van der Waals surface area (Å²) in [5, 5.41) is 11.1. The number of carbonyl (C=O) groups excluding carboxylic acids is 2. The summed E-state index contributed by atoms with van der Waals surface area (Å²) in [5.74, 6) is 1.98. The van der Waals surface area contributed by atoms with Gasteiger partial charge in [0.15, 0.2) is 6.23 Å². The average Bonchev–Trinajstić information content (AvgIpc) is 3.05. The van der Waals surface area contributed by atoms with Crippen LogP contribution in [-0.4, -0.2) is 39.5 Å². The van der Waals surface area contributed by atoms with Gasteiger partial charge in [-0.15, -0.1) is 6.42 Å². The van der Waals surface area contributed by atoms with E-state index >= 15 is 0 Å². The minimum Gasteiger partial charge on any atom is -0.371 e. The molecule has 2 heterocycles. The molecule has 4 rings (SSSR count). The van der Waals surface area contributed by atoms with E-state index in [1.807, 2.05) is 42.5 Å². The Morgan fingerprint density at radius 2 is 1.81 bits per heavy atom. The molecule has 0 radical (unpaired) electrons. The number of nitrogens with zero attached hydrogens (tertiary/aromatic N) is 2. The van der Waals surface area contributed by atoms with Gasteiger partial charge in [0, 0.05) is 12.1 Å². The van der Waals surface area contributed by atoms with Crippen molar-refractivity contribution in [3.63, 3.8) is 0 Å². The lowest BCUT2D eigenvalue weighted by Crippen LogP contribution is -2.52. The van der Waals surface area contributed by atoms with Crippen molar-refractivity contribution in [3.8, 4) is 12.3 Å². The number of fused-ring (bicyclic) bond motifs is 2. The molecule has 0 bridgehead atoms. The molecule has 0 saturated carbocycles. The Labute approximate surface area is 151 Å². The van der Waals surface area contributed by atoms with Crippen LogP contribution in [0.1, 0.15) is 27.9 Å². The van der Waals surface area contributed by atoms with Crippen LogP contribution in [0.25, 0.3) is 0 Å². The Balaban J connectivity index is 1.84. The minimum atomic E-state index is -1.18. The highest BCUT2D eigenvalue weighted by atomic mass is 16.3. The van der Waals surface area contributed by atoms with Gasteiger partial charge >= 0.3 is 0 Å². The fourth-order valence-corrected chi connectivity index (χ4v) is 4.06. The van der Waals surface area contributed by atoms with Crippen molar-refractivity contribution in [1.82, 2.24) is 9.80 Å². The zero-order valence-corrected chi connectivity index (χ0v) is 14.1. The van der Waals surface area contributed by atoms with Gasteiger partial charge in [0.05, 0.1) is 13.0 Å². The lowest BCUT2D eigenvalue weighted by atomic mass is 9.86. The summed E-state index contributed by atoms with van der Waals surface area (Å²) in [6, 6.07) is 16.7. The molecule has 26 heavy (non-hydrogen) atoms. The Morgan fingerprint density at radius 3 is 2.54 bits per heavy atom. The molecule has 5 heteroatoms. The maximum Gasteiger partial charge on any atom is 0.255 e. The van der Waals surface area contributed by atoms with E-state index in [9.17, 15) is 14.7 Å². The van der Waals surface area contributed by atoms with Crippen LogP contribution in [-0.2, 0) is 16.9 Å². The third-order valence-electron chi connectivity index (χ3n) is 5.26. The van der Waals surface area contributed by atoms with Gasteiger partial charge in [-0.05, 0) is 17.2 Å². The number of hydrogen-bond donors (Lipinski definition) is 1. The highest BCUT2D eigenvalue weighted by Crippen LogP contribution is 2.49. The Kier molecular flexibility index (Phi) is 3.78. The molecule has 1 N–H and O–H groups in total. The highest BCUT2D eigenvalue weighted by Gasteiger charge is 2.61. The smallest absolute Gasteiger partial charge is 0.255 e. The molecule has 2 aromatic carbocycles. The summed E-state index contributed by atoms with van der Waals surface area (Å²) in [5.41, 5.74) is 1.03. The molecule has 1 fully saturated rings. The largest absolute Gasteiger partial charge is 0.371 e. The monoisotopic (exact) mass is 346 g/mol. The maximum absolute atomic E-state index is 13.1. The zero-order chi connectivity index (χ0) is 18.3. The quantitative estimate of drug-likeness (QED) is 0.861. The molecule has 1 saturated heterocycles. The Morgan fingerprint density at radius 1 is 1.12 bits per heavy atom. The normalized spacial score (nSPS) is 24.2. The minimum absolute atomic E-state index is 0.0112. The molecular weight excluding hydrogens is 328 g/mol. The lowest BCUT2D eigenvalue weighted by Gasteiger charge is -2.38. The Hall–Kier alpha value is -3.10. The number of likely N-dealkylation sites (tertiary alicyclic amines) is 1. The van der Waals surface area contributed by atoms with Crippen LogP contribution in [0.4, 0.5) is 0 Å². The van der Waals surface area contributed by atoms with E-state index in [1.165, 1.54) is 4.90 Å². The number of benzene rings is 2. The van der Waals surface area contributed by atoms with E-state index < -0.39 is 11.8 Å². The Bertz CT molecular complexity index is 918. The average molecular weight is 346 g/mol. The molecule has 0 aliphatic carbocycles. The number of rotatable bonds is 3. The van der Waals surface area contributed by atoms with Gasteiger partial charge in [0.1, 0.15) is 5.54 Å². The fourth-order valence-electron chi connectivity index (χ4n) is 4.06. The molecule has 2 aliphatic rings. The van der Waals surface area contributed by atoms with E-state index in [4.69, 9.17) is 6.42 Å². The number of terminal acetylenes is 1. The molecule has 2 atom stereocenters. The van der Waals surface area contributed by atoms with E-state index in [2.05, 4.69) is 5.92 Å². The van der Waals surface area contributed by atoms with Gasteiger partial charge in [-0.2, -0.15) is 0 Å². The predicted octanol–water partition coefficient (Wildman–Crippen LogP) is 1.72. The molecule has 5 nitrogen and oxygen atoms in total. The third-order valence-corrected chi connectivity index (χ3v) is 5.26. The van der Waals surface area contributed by atoms with Crippen molar-refractivity contribution in [1.29, 1.82) is 0 Å². The summed E-state index contributed by atoms with van der Waals surface area (Å²) in [6.07, 6.45) is 4.21. The first kappa shape index (κ1) is 16.4. The molecule has 0 aromatic heterocycles. The summed E-state index contributed by atoms with van der Waals surface area (Å²) in [6.45, 7) is 0.319. The molecule has 130 valence electrons. The molecule has 1 spiro atoms. The van der Waals surface area contributed by atoms with Crippen molar-refractivity contribution in [2.75, 3.05) is 6.54 Å². The number of hydrogen-bond acceptors (Lipinski definition) is 3. The first-order valence-corrected chi connectivity index (χ1v) is 8.46. The van der Waals surface area contributed by atoms with Crippen molar-refractivity contribution in [2.45, 2.75) is 24.7 Å². The van der Waals surface area contributed by atoms with Crippen molar-refractivity contribution in [2.24, 2.45) is 0 Å². The van der Waals surface area contributed by atoms with Crippen molar-refractivity contribution < 1.29 is 14.7 Å². The number of aliphatic hydroxyl groups is 1. The first-order valence-electron chi connectivity index (χ1n) is 8.46.